The molecular weight excluding hydrogens is 269 g/mol. The highest BCUT2D eigenvalue weighted by atomic mass is 32.2. The molecule has 0 heterocycles. The van der Waals surface area contributed by atoms with Crippen LogP contribution in [0.15, 0.2) is 0 Å². The second-order valence-electron chi connectivity index (χ2n) is 6.26. The van der Waals surface area contributed by atoms with Crippen LogP contribution in [0, 0.1) is 0 Å². The molecule has 0 saturated heterocycles. The van der Waals surface area contributed by atoms with Crippen LogP contribution in [0.2, 0.25) is 39.3 Å². The molecule has 92 valence electrons. The van der Waals surface area contributed by atoms with Gasteiger partial charge in [0.05, 0.1) is 0 Å². The maximum Gasteiger partial charge on any atom is 0.0495 e. The van der Waals surface area contributed by atoms with Crippen molar-refractivity contribution >= 4 is 45.8 Å². The summed E-state index contributed by atoms with van der Waals surface area (Å²) in [5.41, 5.74) is 0. The molecule has 0 aliphatic carbocycles. The van der Waals surface area contributed by atoms with Crippen LogP contribution in [0.1, 0.15) is 0 Å². The minimum atomic E-state index is -0.964. The quantitative estimate of drug-likeness (QED) is 0.678. The van der Waals surface area contributed by atoms with E-state index in [1.807, 2.05) is 0 Å². The van der Waals surface area contributed by atoms with Crippen LogP contribution in [0.25, 0.3) is 0 Å². The Kier molecular flexibility index (Phi) is 6.32. The van der Waals surface area contributed by atoms with Gasteiger partial charge in [-0.1, -0.05) is 39.3 Å². The van der Waals surface area contributed by atoms with E-state index in [0.29, 0.717) is 0 Å². The second-order valence-corrected chi connectivity index (χ2v) is 37.6. The van der Waals surface area contributed by atoms with Gasteiger partial charge >= 0.3 is 0 Å². The molecule has 0 aliphatic rings. The first-order valence-corrected chi connectivity index (χ1v) is 19.8. The SMILES string of the molecule is CSC[Si](C)(C)[Si](C)(C)[Si](C)(C)CSC. The minimum Gasteiger partial charge on any atom is -0.169 e. The lowest BCUT2D eigenvalue weighted by atomic mass is 11.8. The van der Waals surface area contributed by atoms with Crippen molar-refractivity contribution in [2.24, 2.45) is 0 Å². The smallest absolute Gasteiger partial charge is 0.0495 e. The zero-order valence-electron chi connectivity index (χ0n) is 11.7. The molecule has 15 heavy (non-hydrogen) atoms. The molecule has 0 atom stereocenters. The molecule has 0 bridgehead atoms. The van der Waals surface area contributed by atoms with E-state index in [-0.39, 0.29) is 0 Å². The largest absolute Gasteiger partial charge is 0.169 e. The maximum atomic E-state index is 2.69. The van der Waals surface area contributed by atoms with E-state index in [1.165, 1.54) is 10.8 Å². The topological polar surface area (TPSA) is 0 Å². The summed E-state index contributed by atoms with van der Waals surface area (Å²) >= 11 is 4.16. The van der Waals surface area contributed by atoms with Gasteiger partial charge in [0.2, 0.25) is 0 Å². The molecule has 0 nitrogen and oxygen atoms in total. The summed E-state index contributed by atoms with van der Waals surface area (Å²) in [6.45, 7) is 16.0. The molecule has 0 unspecified atom stereocenters. The average molecular weight is 297 g/mol. The molecule has 0 radical (unpaired) electrons. The highest BCUT2D eigenvalue weighted by Gasteiger charge is 2.51. The third-order valence-electron chi connectivity index (χ3n) is 4.39. The zero-order valence-corrected chi connectivity index (χ0v) is 16.4. The first kappa shape index (κ1) is 16.4. The van der Waals surface area contributed by atoms with E-state index in [4.69, 9.17) is 0 Å². The van der Waals surface area contributed by atoms with Gasteiger partial charge in [0.15, 0.2) is 0 Å². The Labute approximate surface area is 108 Å². The first-order chi connectivity index (χ1) is 6.62. The molecule has 0 N–H and O–H groups in total. The number of thioether (sulfide) groups is 2. The van der Waals surface area contributed by atoms with Gasteiger partial charge in [0.25, 0.3) is 0 Å². The summed E-state index contributed by atoms with van der Waals surface area (Å²) in [4.78, 5) is 0. The fourth-order valence-corrected chi connectivity index (χ4v) is 47.5. The lowest BCUT2D eigenvalue weighted by Crippen LogP contribution is -2.72. The predicted octanol–water partition coefficient (Wildman–Crippen LogP) is 4.07. The van der Waals surface area contributed by atoms with Crippen LogP contribution < -0.4 is 0 Å². The number of hydrogen-bond donors (Lipinski definition) is 0. The Morgan fingerprint density at radius 1 is 0.667 bits per heavy atom. The summed E-state index contributed by atoms with van der Waals surface area (Å²) in [6, 6.07) is 0. The van der Waals surface area contributed by atoms with Gasteiger partial charge < -0.3 is 0 Å². The zero-order chi connectivity index (χ0) is 12.3. The predicted molar refractivity (Wildman–Crippen MR) is 89.2 cm³/mol. The van der Waals surface area contributed by atoms with Crippen LogP contribution in [0.5, 0.6) is 0 Å². The second kappa shape index (κ2) is 5.80. The average Bonchev–Trinajstić information content (AvgIpc) is 2.03. The van der Waals surface area contributed by atoms with Gasteiger partial charge in [-0.2, -0.15) is 23.5 Å². The summed E-state index contributed by atoms with van der Waals surface area (Å²) in [5, 5.41) is 2.94. The summed E-state index contributed by atoms with van der Waals surface area (Å²) in [5.74, 6) is 0. The summed E-state index contributed by atoms with van der Waals surface area (Å²) in [6.07, 6.45) is 4.56. The third kappa shape index (κ3) is 3.66. The molecule has 0 spiro atoms. The Hall–Kier alpha value is 1.35. The van der Waals surface area contributed by atoms with Crippen molar-refractivity contribution in [2.45, 2.75) is 39.3 Å². The van der Waals surface area contributed by atoms with Crippen molar-refractivity contribution in [2.75, 3.05) is 23.3 Å². The van der Waals surface area contributed by atoms with E-state index >= 15 is 0 Å². The van der Waals surface area contributed by atoms with Crippen LogP contribution in [-0.4, -0.2) is 45.6 Å². The highest BCUT2D eigenvalue weighted by Crippen LogP contribution is 2.32. The minimum absolute atomic E-state index is 0.953. The fourth-order valence-electron chi connectivity index (χ4n) is 2.00. The maximum absolute atomic E-state index is 2.69. The van der Waals surface area contributed by atoms with E-state index in [9.17, 15) is 0 Å². The molecule has 0 saturated carbocycles. The van der Waals surface area contributed by atoms with Crippen molar-refractivity contribution in [3.05, 3.63) is 0 Å². The summed E-state index contributed by atoms with van der Waals surface area (Å²) in [7, 11) is -2.87. The first-order valence-electron chi connectivity index (χ1n) is 5.60. The molecule has 0 aliphatic heterocycles. The molecule has 0 rings (SSSR count). The van der Waals surface area contributed by atoms with E-state index < -0.39 is 22.3 Å². The van der Waals surface area contributed by atoms with Crippen molar-refractivity contribution in [1.82, 2.24) is 0 Å². The lowest BCUT2D eigenvalue weighted by molar-refractivity contribution is 1.68. The van der Waals surface area contributed by atoms with Crippen molar-refractivity contribution in [1.29, 1.82) is 0 Å². The Morgan fingerprint density at radius 3 is 1.13 bits per heavy atom. The van der Waals surface area contributed by atoms with Gasteiger partial charge in [0, 0.05) is 22.3 Å². The standard InChI is InChI=1S/C10H28S2Si3/c1-11-9-13(3,4)15(7,8)14(5,6)10-12-2/h9-10H2,1-8H3. The van der Waals surface area contributed by atoms with Gasteiger partial charge in [-0.3, -0.25) is 0 Å². The van der Waals surface area contributed by atoms with E-state index in [1.54, 1.807) is 0 Å². The Balaban J connectivity index is 4.93. The fraction of sp³-hybridized carbons (Fsp3) is 1.00. The van der Waals surface area contributed by atoms with Gasteiger partial charge in [0.1, 0.15) is 0 Å². The Morgan fingerprint density at radius 2 is 0.933 bits per heavy atom. The van der Waals surface area contributed by atoms with Gasteiger partial charge in [-0.25, -0.2) is 0 Å². The van der Waals surface area contributed by atoms with Crippen LogP contribution in [0.3, 0.4) is 0 Å². The normalized spacial score (nSPS) is 14.4. The monoisotopic (exact) mass is 296 g/mol. The Bertz CT molecular complexity index is 183. The molecule has 0 aromatic rings. The van der Waals surface area contributed by atoms with Gasteiger partial charge in [-0.05, 0) is 23.3 Å². The van der Waals surface area contributed by atoms with E-state index in [2.05, 4.69) is 75.3 Å². The van der Waals surface area contributed by atoms with E-state index in [0.717, 1.165) is 0 Å². The molecule has 0 aromatic heterocycles. The third-order valence-corrected chi connectivity index (χ3v) is 54.3. The van der Waals surface area contributed by atoms with Crippen LogP contribution in [0.4, 0.5) is 0 Å². The van der Waals surface area contributed by atoms with Crippen molar-refractivity contribution < 1.29 is 0 Å². The molecule has 5 heteroatoms. The molecule has 0 amide bonds. The molecular formula is C10H28S2Si3. The van der Waals surface area contributed by atoms with Crippen LogP contribution in [-0.2, 0) is 0 Å². The molecule has 0 fully saturated rings. The number of hydrogen-bond acceptors (Lipinski definition) is 2. The lowest BCUT2D eigenvalue weighted by Gasteiger charge is -2.48. The van der Waals surface area contributed by atoms with Gasteiger partial charge in [-0.15, -0.1) is 0 Å². The van der Waals surface area contributed by atoms with Crippen LogP contribution >= 0.6 is 23.5 Å². The summed E-state index contributed by atoms with van der Waals surface area (Å²) < 4.78 is 0. The number of rotatable bonds is 6. The molecule has 0 aromatic carbocycles. The highest BCUT2D eigenvalue weighted by molar-refractivity contribution is 8.03. The van der Waals surface area contributed by atoms with Crippen molar-refractivity contribution in [3.63, 3.8) is 0 Å². The van der Waals surface area contributed by atoms with Crippen molar-refractivity contribution in [3.8, 4) is 0 Å².